The van der Waals surface area contributed by atoms with E-state index in [9.17, 15) is 14.9 Å². The van der Waals surface area contributed by atoms with Gasteiger partial charge in [0, 0.05) is 6.07 Å². The number of hydrogen-bond acceptors (Lipinski definition) is 4. The van der Waals surface area contributed by atoms with Crippen molar-refractivity contribution in [3.05, 3.63) is 63.7 Å². The molecule has 6 nitrogen and oxygen atoms in total. The first-order valence-electron chi connectivity index (χ1n) is 7.33. The molecule has 0 bridgehead atoms. The SMILES string of the molecule is C=C(C)[C@@H]1CC=C(C)/C(=N/NC(=O)c2ccccc2[N+](=O)[O-])C1. The normalized spacial score (nSPS) is 19.1. The highest BCUT2D eigenvalue weighted by Crippen LogP contribution is 2.26. The van der Waals surface area contributed by atoms with Crippen LogP contribution in [0.2, 0.25) is 0 Å². The Morgan fingerprint density at radius 1 is 1.43 bits per heavy atom. The van der Waals surface area contributed by atoms with Crippen molar-refractivity contribution in [1.82, 2.24) is 5.43 Å². The molecule has 120 valence electrons. The molecule has 1 aromatic carbocycles. The zero-order valence-electron chi connectivity index (χ0n) is 13.2. The summed E-state index contributed by atoms with van der Waals surface area (Å²) >= 11 is 0. The highest BCUT2D eigenvalue weighted by atomic mass is 16.6. The number of carbonyl (C=O) groups is 1. The van der Waals surface area contributed by atoms with Crippen LogP contribution in [0.3, 0.4) is 0 Å². The molecule has 6 heteroatoms. The molecule has 0 radical (unpaired) electrons. The van der Waals surface area contributed by atoms with Crippen LogP contribution in [-0.2, 0) is 0 Å². The molecular formula is C17H19N3O3. The molecule has 0 saturated heterocycles. The van der Waals surface area contributed by atoms with Crippen molar-refractivity contribution < 1.29 is 9.72 Å². The number of carbonyl (C=O) groups excluding carboxylic acids is 1. The van der Waals surface area contributed by atoms with Crippen LogP contribution in [0.5, 0.6) is 0 Å². The lowest BCUT2D eigenvalue weighted by Crippen LogP contribution is -2.23. The first-order valence-corrected chi connectivity index (χ1v) is 7.33. The van der Waals surface area contributed by atoms with Crippen molar-refractivity contribution in [3.8, 4) is 0 Å². The lowest BCUT2D eigenvalue weighted by Gasteiger charge is -2.22. The second-order valence-electron chi connectivity index (χ2n) is 5.64. The minimum absolute atomic E-state index is 0.00394. The summed E-state index contributed by atoms with van der Waals surface area (Å²) in [5, 5.41) is 15.1. The van der Waals surface area contributed by atoms with Gasteiger partial charge in [0.05, 0.1) is 10.6 Å². The molecule has 0 aliphatic heterocycles. The fourth-order valence-electron chi connectivity index (χ4n) is 2.43. The average Bonchev–Trinajstić information content (AvgIpc) is 2.53. The number of allylic oxidation sites excluding steroid dienone is 3. The first kappa shape index (κ1) is 16.6. The molecule has 23 heavy (non-hydrogen) atoms. The molecule has 1 amide bonds. The first-order chi connectivity index (χ1) is 10.9. The maximum absolute atomic E-state index is 12.2. The molecule has 0 unspecified atom stereocenters. The predicted octanol–water partition coefficient (Wildman–Crippen LogP) is 3.61. The third kappa shape index (κ3) is 3.91. The summed E-state index contributed by atoms with van der Waals surface area (Å²) in [5.41, 5.74) is 5.04. The van der Waals surface area contributed by atoms with Gasteiger partial charge in [0.25, 0.3) is 11.6 Å². The molecule has 0 heterocycles. The van der Waals surface area contributed by atoms with E-state index in [1.165, 1.54) is 18.2 Å². The Balaban J connectivity index is 2.18. The summed E-state index contributed by atoms with van der Waals surface area (Å²) < 4.78 is 0. The zero-order chi connectivity index (χ0) is 17.0. The molecule has 1 atom stereocenters. The lowest BCUT2D eigenvalue weighted by molar-refractivity contribution is -0.385. The highest BCUT2D eigenvalue weighted by Gasteiger charge is 2.21. The fraction of sp³-hybridized carbons (Fsp3) is 0.294. The van der Waals surface area contributed by atoms with Crippen molar-refractivity contribution in [2.45, 2.75) is 26.7 Å². The Bertz CT molecular complexity index is 720. The quantitative estimate of drug-likeness (QED) is 0.523. The number of para-hydroxylation sites is 1. The molecule has 2 rings (SSSR count). The van der Waals surface area contributed by atoms with Crippen LogP contribution in [-0.4, -0.2) is 16.5 Å². The topological polar surface area (TPSA) is 84.6 Å². The summed E-state index contributed by atoms with van der Waals surface area (Å²) in [4.78, 5) is 22.6. The van der Waals surface area contributed by atoms with Crippen LogP contribution >= 0.6 is 0 Å². The van der Waals surface area contributed by atoms with Crippen molar-refractivity contribution in [2.24, 2.45) is 11.0 Å². The van der Waals surface area contributed by atoms with Gasteiger partial charge in [-0.2, -0.15) is 5.10 Å². The Morgan fingerprint density at radius 3 is 2.78 bits per heavy atom. The van der Waals surface area contributed by atoms with Gasteiger partial charge in [0.1, 0.15) is 5.56 Å². The number of rotatable bonds is 4. The van der Waals surface area contributed by atoms with Crippen LogP contribution in [0.1, 0.15) is 37.0 Å². The van der Waals surface area contributed by atoms with Crippen LogP contribution in [0, 0.1) is 16.0 Å². The Morgan fingerprint density at radius 2 is 2.13 bits per heavy atom. The molecule has 1 N–H and O–H groups in total. The van der Waals surface area contributed by atoms with Gasteiger partial charge in [-0.3, -0.25) is 14.9 Å². The molecule has 1 aliphatic rings. The Kier molecular flexibility index (Phi) is 5.05. The van der Waals surface area contributed by atoms with E-state index < -0.39 is 10.8 Å². The van der Waals surface area contributed by atoms with E-state index in [2.05, 4.69) is 23.2 Å². The van der Waals surface area contributed by atoms with Crippen LogP contribution < -0.4 is 5.43 Å². The number of hydrogen-bond donors (Lipinski definition) is 1. The summed E-state index contributed by atoms with van der Waals surface area (Å²) in [5.74, 6) is -0.282. The van der Waals surface area contributed by atoms with Gasteiger partial charge in [-0.25, -0.2) is 5.43 Å². The third-order valence-electron chi connectivity index (χ3n) is 3.94. The predicted molar refractivity (Wildman–Crippen MR) is 89.3 cm³/mol. The lowest BCUT2D eigenvalue weighted by atomic mass is 9.85. The maximum atomic E-state index is 12.2. The molecule has 0 fully saturated rings. The van der Waals surface area contributed by atoms with Crippen molar-refractivity contribution in [3.63, 3.8) is 0 Å². The minimum atomic E-state index is -0.588. The van der Waals surface area contributed by atoms with Crippen LogP contribution in [0.15, 0.2) is 53.2 Å². The van der Waals surface area contributed by atoms with Gasteiger partial charge in [-0.15, -0.1) is 0 Å². The average molecular weight is 313 g/mol. The smallest absolute Gasteiger partial charge is 0.267 e. The number of hydrazone groups is 1. The van der Waals surface area contributed by atoms with Crippen molar-refractivity contribution >= 4 is 17.3 Å². The van der Waals surface area contributed by atoms with Crippen LogP contribution in [0.25, 0.3) is 0 Å². The summed E-state index contributed by atoms with van der Waals surface area (Å²) in [6, 6.07) is 5.81. The van der Waals surface area contributed by atoms with E-state index in [-0.39, 0.29) is 11.3 Å². The van der Waals surface area contributed by atoms with E-state index in [1.807, 2.05) is 13.8 Å². The Hall–Kier alpha value is -2.76. The largest absolute Gasteiger partial charge is 0.282 e. The molecule has 0 aromatic heterocycles. The van der Waals surface area contributed by atoms with Gasteiger partial charge in [0.15, 0.2) is 0 Å². The van der Waals surface area contributed by atoms with E-state index in [0.29, 0.717) is 12.3 Å². The minimum Gasteiger partial charge on any atom is -0.267 e. The number of nitro groups is 1. The van der Waals surface area contributed by atoms with Crippen molar-refractivity contribution in [1.29, 1.82) is 0 Å². The van der Waals surface area contributed by atoms with E-state index in [0.717, 1.165) is 23.3 Å². The molecule has 0 saturated carbocycles. The Labute approximate surface area is 134 Å². The molecule has 1 aliphatic carbocycles. The number of nitrogens with zero attached hydrogens (tertiary/aromatic N) is 2. The summed E-state index contributed by atoms with van der Waals surface area (Å²) in [6.07, 6.45) is 3.69. The monoisotopic (exact) mass is 313 g/mol. The number of amides is 1. The van der Waals surface area contributed by atoms with Gasteiger partial charge in [-0.05, 0) is 44.2 Å². The standard InChI is InChI=1S/C17H19N3O3/c1-11(2)13-9-8-12(3)15(10-13)18-19-17(21)14-6-4-5-7-16(14)20(22)23/h4-8,13H,1,9-10H2,2-3H3,(H,19,21)/b18-15+/t13-/m1/s1. The van der Waals surface area contributed by atoms with Crippen molar-refractivity contribution in [2.75, 3.05) is 0 Å². The van der Waals surface area contributed by atoms with Crippen LogP contribution in [0.4, 0.5) is 5.69 Å². The summed E-state index contributed by atoms with van der Waals surface area (Å²) in [6.45, 7) is 7.88. The maximum Gasteiger partial charge on any atom is 0.282 e. The van der Waals surface area contributed by atoms with Gasteiger partial charge < -0.3 is 0 Å². The molecule has 1 aromatic rings. The van der Waals surface area contributed by atoms with E-state index in [4.69, 9.17) is 0 Å². The number of nitro benzene ring substituents is 1. The number of benzene rings is 1. The molecular weight excluding hydrogens is 294 g/mol. The highest BCUT2D eigenvalue weighted by molar-refractivity contribution is 6.03. The summed E-state index contributed by atoms with van der Waals surface area (Å²) in [7, 11) is 0. The molecule has 0 spiro atoms. The van der Waals surface area contributed by atoms with Gasteiger partial charge in [-0.1, -0.05) is 30.4 Å². The fourth-order valence-corrected chi connectivity index (χ4v) is 2.43. The third-order valence-corrected chi connectivity index (χ3v) is 3.94. The van der Waals surface area contributed by atoms with Gasteiger partial charge in [0.2, 0.25) is 0 Å². The van der Waals surface area contributed by atoms with E-state index >= 15 is 0 Å². The van der Waals surface area contributed by atoms with E-state index in [1.54, 1.807) is 6.07 Å². The number of nitrogens with one attached hydrogen (secondary N) is 1. The van der Waals surface area contributed by atoms with Gasteiger partial charge >= 0.3 is 0 Å². The zero-order valence-corrected chi connectivity index (χ0v) is 13.2. The second kappa shape index (κ2) is 7.00. The second-order valence-corrected chi connectivity index (χ2v) is 5.64.